The van der Waals surface area contributed by atoms with Gasteiger partial charge in [-0.25, -0.2) is 8.78 Å². The van der Waals surface area contributed by atoms with Gasteiger partial charge in [-0.05, 0) is 22.9 Å². The van der Waals surface area contributed by atoms with Crippen LogP contribution in [0.1, 0.15) is 16.2 Å². The maximum atomic E-state index is 12.3. The van der Waals surface area contributed by atoms with E-state index >= 15 is 0 Å². The Morgan fingerprint density at radius 3 is 2.68 bits per heavy atom. The van der Waals surface area contributed by atoms with Gasteiger partial charge in [0.25, 0.3) is 18.0 Å². The summed E-state index contributed by atoms with van der Waals surface area (Å²) in [6.07, 6.45) is -2.73. The third-order valence-corrected chi connectivity index (χ3v) is 4.16. The second kappa shape index (κ2) is 7.55. The number of amides is 1. The van der Waals surface area contributed by atoms with Crippen molar-refractivity contribution in [3.63, 3.8) is 0 Å². The van der Waals surface area contributed by atoms with Crippen molar-refractivity contribution in [2.24, 2.45) is 7.05 Å². The van der Waals surface area contributed by atoms with Crippen molar-refractivity contribution >= 4 is 33.2 Å². The van der Waals surface area contributed by atoms with Crippen molar-refractivity contribution < 1.29 is 23.2 Å². The molecule has 0 saturated carbocycles. The lowest BCUT2D eigenvalue weighted by molar-refractivity contribution is -0.384. The number of carbonyl (C=O) groups is 1. The Morgan fingerprint density at radius 1 is 1.48 bits per heavy atom. The number of hydrogen-bond acceptors (Lipinski definition) is 5. The predicted molar refractivity (Wildman–Crippen MR) is 88.2 cm³/mol. The molecule has 11 heteroatoms. The number of nitrogens with zero attached hydrogens (tertiary/aromatic N) is 3. The van der Waals surface area contributed by atoms with Gasteiger partial charge in [0, 0.05) is 19.2 Å². The van der Waals surface area contributed by atoms with Crippen molar-refractivity contribution in [1.82, 2.24) is 9.78 Å². The SMILES string of the molecule is Cc1c(Br)c(C(=O)Nc2cc(OCC(F)F)cc([N+](=O)[O-])c2)nn1C. The van der Waals surface area contributed by atoms with Gasteiger partial charge in [0.15, 0.2) is 5.69 Å². The average Bonchev–Trinajstić information content (AvgIpc) is 2.80. The van der Waals surface area contributed by atoms with Crippen LogP contribution in [0.3, 0.4) is 0 Å². The third kappa shape index (κ3) is 4.50. The molecule has 0 aliphatic carbocycles. The molecule has 1 amide bonds. The predicted octanol–water partition coefficient (Wildman–Crippen LogP) is 3.30. The Bertz CT molecular complexity index is 825. The van der Waals surface area contributed by atoms with Crippen molar-refractivity contribution in [1.29, 1.82) is 0 Å². The average molecular weight is 419 g/mol. The molecule has 1 N–H and O–H groups in total. The summed E-state index contributed by atoms with van der Waals surface area (Å²) in [6.45, 7) is 0.830. The maximum Gasteiger partial charge on any atom is 0.277 e. The lowest BCUT2D eigenvalue weighted by Crippen LogP contribution is -2.14. The quantitative estimate of drug-likeness (QED) is 0.572. The molecule has 8 nitrogen and oxygen atoms in total. The number of hydrogen-bond donors (Lipinski definition) is 1. The van der Waals surface area contributed by atoms with Gasteiger partial charge in [0.1, 0.15) is 12.4 Å². The number of nitrogens with one attached hydrogen (secondary N) is 1. The van der Waals surface area contributed by atoms with Gasteiger partial charge < -0.3 is 10.1 Å². The molecule has 1 heterocycles. The summed E-state index contributed by atoms with van der Waals surface area (Å²) >= 11 is 3.25. The highest BCUT2D eigenvalue weighted by Gasteiger charge is 2.19. The lowest BCUT2D eigenvalue weighted by Gasteiger charge is -2.09. The molecule has 0 unspecified atom stereocenters. The van der Waals surface area contributed by atoms with E-state index < -0.39 is 29.6 Å². The largest absolute Gasteiger partial charge is 0.487 e. The number of ether oxygens (including phenoxy) is 1. The monoisotopic (exact) mass is 418 g/mol. The molecular formula is C14H13BrF2N4O4. The molecule has 0 aliphatic rings. The summed E-state index contributed by atoms with van der Waals surface area (Å²) in [7, 11) is 1.65. The van der Waals surface area contributed by atoms with E-state index in [-0.39, 0.29) is 17.1 Å². The second-order valence-corrected chi connectivity index (χ2v) is 5.79. The van der Waals surface area contributed by atoms with Gasteiger partial charge in [-0.3, -0.25) is 19.6 Å². The number of non-ortho nitro benzene ring substituents is 1. The van der Waals surface area contributed by atoms with E-state index in [2.05, 4.69) is 26.3 Å². The molecule has 0 saturated heterocycles. The van der Waals surface area contributed by atoms with E-state index in [4.69, 9.17) is 4.74 Å². The van der Waals surface area contributed by atoms with Crippen LogP contribution in [0.2, 0.25) is 0 Å². The van der Waals surface area contributed by atoms with Gasteiger partial charge >= 0.3 is 0 Å². The Kier molecular flexibility index (Phi) is 5.67. The fraction of sp³-hybridized carbons (Fsp3) is 0.286. The van der Waals surface area contributed by atoms with Crippen LogP contribution >= 0.6 is 15.9 Å². The Hall–Kier alpha value is -2.56. The van der Waals surface area contributed by atoms with Crippen LogP contribution < -0.4 is 10.1 Å². The van der Waals surface area contributed by atoms with Crippen LogP contribution in [0.15, 0.2) is 22.7 Å². The molecular weight excluding hydrogens is 406 g/mol. The third-order valence-electron chi connectivity index (χ3n) is 3.21. The standard InChI is InChI=1S/C14H13BrF2N4O4/c1-7-12(15)13(19-20(7)2)14(22)18-8-3-9(21(23)24)5-10(4-8)25-6-11(16)17/h3-5,11H,6H2,1-2H3,(H,18,22). The smallest absolute Gasteiger partial charge is 0.277 e. The van der Waals surface area contributed by atoms with Crippen molar-refractivity contribution in [2.45, 2.75) is 13.3 Å². The molecule has 0 bridgehead atoms. The highest BCUT2D eigenvalue weighted by molar-refractivity contribution is 9.10. The van der Waals surface area contributed by atoms with Crippen LogP contribution in [0, 0.1) is 17.0 Å². The van der Waals surface area contributed by atoms with E-state index in [0.29, 0.717) is 10.2 Å². The number of nitro benzene ring substituents is 1. The van der Waals surface area contributed by atoms with Crippen LogP contribution in [0.4, 0.5) is 20.2 Å². The first-order valence-corrected chi connectivity index (χ1v) is 7.69. The molecule has 2 aromatic rings. The highest BCUT2D eigenvalue weighted by Crippen LogP contribution is 2.27. The fourth-order valence-electron chi connectivity index (χ4n) is 1.92. The van der Waals surface area contributed by atoms with Crippen LogP contribution in [-0.4, -0.2) is 33.6 Å². The van der Waals surface area contributed by atoms with Crippen molar-refractivity contribution in [3.05, 3.63) is 44.2 Å². The van der Waals surface area contributed by atoms with Crippen LogP contribution in [-0.2, 0) is 7.05 Å². The van der Waals surface area contributed by atoms with E-state index in [1.54, 1.807) is 14.0 Å². The zero-order valence-electron chi connectivity index (χ0n) is 13.1. The number of anilines is 1. The minimum atomic E-state index is -2.73. The fourth-order valence-corrected chi connectivity index (χ4v) is 2.44. The lowest BCUT2D eigenvalue weighted by atomic mass is 10.2. The summed E-state index contributed by atoms with van der Waals surface area (Å²) in [5.74, 6) is -0.767. The molecule has 1 aromatic heterocycles. The van der Waals surface area contributed by atoms with E-state index in [0.717, 1.165) is 12.1 Å². The number of aryl methyl sites for hydroxylation is 1. The van der Waals surface area contributed by atoms with E-state index in [9.17, 15) is 23.7 Å². The summed E-state index contributed by atoms with van der Waals surface area (Å²) in [4.78, 5) is 22.6. The van der Waals surface area contributed by atoms with Crippen LogP contribution in [0.5, 0.6) is 5.75 Å². The Morgan fingerprint density at radius 2 is 2.16 bits per heavy atom. The van der Waals surface area contributed by atoms with Gasteiger partial charge in [-0.1, -0.05) is 0 Å². The van der Waals surface area contributed by atoms with Crippen LogP contribution in [0.25, 0.3) is 0 Å². The number of nitro groups is 1. The van der Waals surface area contributed by atoms with Crippen molar-refractivity contribution in [3.8, 4) is 5.75 Å². The Labute approximate surface area is 149 Å². The zero-order valence-corrected chi connectivity index (χ0v) is 14.7. The number of halogens is 3. The number of aromatic nitrogens is 2. The number of rotatable bonds is 6. The van der Waals surface area contributed by atoms with Gasteiger partial charge in [-0.15, -0.1) is 0 Å². The topological polar surface area (TPSA) is 99.3 Å². The molecule has 1 aromatic carbocycles. The summed E-state index contributed by atoms with van der Waals surface area (Å²) in [6, 6.07) is 3.31. The van der Waals surface area contributed by atoms with Gasteiger partial charge in [0.05, 0.1) is 26.8 Å². The first-order valence-electron chi connectivity index (χ1n) is 6.90. The molecule has 0 atom stereocenters. The molecule has 0 aliphatic heterocycles. The minimum Gasteiger partial charge on any atom is -0.487 e. The molecule has 2 rings (SSSR count). The minimum absolute atomic E-state index is 0.0265. The second-order valence-electron chi connectivity index (χ2n) is 5.00. The van der Waals surface area contributed by atoms with Gasteiger partial charge in [0.2, 0.25) is 0 Å². The molecule has 0 spiro atoms. The molecule has 0 radical (unpaired) electrons. The maximum absolute atomic E-state index is 12.3. The number of carbonyl (C=O) groups excluding carboxylic acids is 1. The summed E-state index contributed by atoms with van der Waals surface area (Å²) in [5, 5.41) is 17.5. The van der Waals surface area contributed by atoms with Crippen molar-refractivity contribution in [2.75, 3.05) is 11.9 Å². The zero-order chi connectivity index (χ0) is 18.7. The molecule has 0 fully saturated rings. The summed E-state index contributed by atoms with van der Waals surface area (Å²) < 4.78 is 31.3. The Balaban J connectivity index is 2.29. The first kappa shape index (κ1) is 18.8. The van der Waals surface area contributed by atoms with Gasteiger partial charge in [-0.2, -0.15) is 5.10 Å². The summed E-state index contributed by atoms with van der Waals surface area (Å²) in [5.41, 5.74) is 0.420. The molecule has 25 heavy (non-hydrogen) atoms. The normalized spacial score (nSPS) is 10.8. The molecule has 134 valence electrons. The highest BCUT2D eigenvalue weighted by atomic mass is 79.9. The van der Waals surface area contributed by atoms with E-state index in [1.807, 2.05) is 0 Å². The van der Waals surface area contributed by atoms with E-state index in [1.165, 1.54) is 10.7 Å². The number of alkyl halides is 2. The first-order chi connectivity index (χ1) is 11.7. The number of benzene rings is 1.